The number of nitrogens with one attached hydrogen (secondary N) is 2. The molecular formula is C26H23FN4O3S. The van der Waals surface area contributed by atoms with Crippen LogP contribution in [0.15, 0.2) is 66.0 Å². The molecule has 4 aromatic rings. The zero-order valence-electron chi connectivity index (χ0n) is 19.2. The van der Waals surface area contributed by atoms with E-state index in [1.807, 2.05) is 22.1 Å². The second-order valence-corrected chi connectivity index (χ2v) is 9.64. The van der Waals surface area contributed by atoms with Gasteiger partial charge in [0.2, 0.25) is 11.8 Å². The Balaban J connectivity index is 1.52. The summed E-state index contributed by atoms with van der Waals surface area (Å²) in [5.41, 5.74) is 1.16. The number of benzene rings is 2. The van der Waals surface area contributed by atoms with Gasteiger partial charge in [-0.2, -0.15) is 0 Å². The molecule has 2 N–H and O–H groups in total. The summed E-state index contributed by atoms with van der Waals surface area (Å²) >= 11 is 1.52. The van der Waals surface area contributed by atoms with Gasteiger partial charge >= 0.3 is 0 Å². The first-order valence-electron chi connectivity index (χ1n) is 11.1. The highest BCUT2D eigenvalue weighted by Crippen LogP contribution is 2.37. The number of nitrogens with zero attached hydrogens (tertiary/aromatic N) is 2. The third-order valence-corrected chi connectivity index (χ3v) is 7.14. The fourth-order valence-corrected chi connectivity index (χ4v) is 5.37. The molecule has 1 aliphatic rings. The lowest BCUT2D eigenvalue weighted by Crippen LogP contribution is -2.64. The van der Waals surface area contributed by atoms with Crippen molar-refractivity contribution in [2.45, 2.75) is 32.5 Å². The Morgan fingerprint density at radius 2 is 1.80 bits per heavy atom. The number of fused-ring (bicyclic) bond motifs is 3. The zero-order valence-corrected chi connectivity index (χ0v) is 20.0. The number of aromatic nitrogens is 1. The topological polar surface area (TPSA) is 83.4 Å². The normalized spacial score (nSPS) is 17.3. The first-order chi connectivity index (χ1) is 16.8. The molecule has 9 heteroatoms. The third-order valence-electron chi connectivity index (χ3n) is 6.19. The molecule has 5 rings (SSSR count). The number of thiophene rings is 1. The van der Waals surface area contributed by atoms with Crippen LogP contribution in [0.1, 0.15) is 29.9 Å². The van der Waals surface area contributed by atoms with Gasteiger partial charge in [0.25, 0.3) is 5.91 Å². The van der Waals surface area contributed by atoms with Crippen molar-refractivity contribution in [3.63, 3.8) is 0 Å². The summed E-state index contributed by atoms with van der Waals surface area (Å²) < 4.78 is 15.2. The molecule has 0 saturated carbocycles. The van der Waals surface area contributed by atoms with Gasteiger partial charge in [-0.1, -0.05) is 12.1 Å². The summed E-state index contributed by atoms with van der Waals surface area (Å²) in [7, 11) is 0. The number of carbonyl (C=O) groups excluding carboxylic acids is 3. The van der Waals surface area contributed by atoms with Crippen molar-refractivity contribution >= 4 is 50.6 Å². The van der Waals surface area contributed by atoms with Crippen LogP contribution in [-0.4, -0.2) is 27.8 Å². The molecule has 2 aromatic heterocycles. The Morgan fingerprint density at radius 3 is 2.49 bits per heavy atom. The molecule has 0 spiro atoms. The van der Waals surface area contributed by atoms with Crippen molar-refractivity contribution in [3.05, 3.63) is 83.1 Å². The Hall–Kier alpha value is -3.98. The van der Waals surface area contributed by atoms with E-state index in [1.165, 1.54) is 35.3 Å². The van der Waals surface area contributed by atoms with E-state index in [-0.39, 0.29) is 36.6 Å². The summed E-state index contributed by atoms with van der Waals surface area (Å²) in [5, 5.41) is 8.55. The van der Waals surface area contributed by atoms with Gasteiger partial charge in [-0.05, 0) is 66.4 Å². The molecule has 178 valence electrons. The van der Waals surface area contributed by atoms with Gasteiger partial charge in [-0.3, -0.25) is 19.3 Å². The highest BCUT2D eigenvalue weighted by atomic mass is 32.1. The lowest BCUT2D eigenvalue weighted by atomic mass is 9.93. The molecule has 0 fully saturated rings. The average Bonchev–Trinajstić information content (AvgIpc) is 3.42. The van der Waals surface area contributed by atoms with Crippen molar-refractivity contribution in [3.8, 4) is 0 Å². The Morgan fingerprint density at radius 1 is 1.09 bits per heavy atom. The molecule has 0 aliphatic carbocycles. The molecule has 0 unspecified atom stereocenters. The molecule has 1 aliphatic heterocycles. The van der Waals surface area contributed by atoms with Crippen LogP contribution in [0.3, 0.4) is 0 Å². The summed E-state index contributed by atoms with van der Waals surface area (Å²) in [6, 6.07) is 16.6. The summed E-state index contributed by atoms with van der Waals surface area (Å²) in [6.45, 7) is 3.63. The first-order valence-corrected chi connectivity index (χ1v) is 12.0. The van der Waals surface area contributed by atoms with Crippen LogP contribution in [0.4, 0.5) is 15.8 Å². The Labute approximate surface area is 205 Å². The second-order valence-electron chi connectivity index (χ2n) is 8.75. The van der Waals surface area contributed by atoms with Crippen LogP contribution in [0.25, 0.3) is 10.2 Å². The fourth-order valence-electron chi connectivity index (χ4n) is 4.47. The predicted molar refractivity (Wildman–Crippen MR) is 134 cm³/mol. The van der Waals surface area contributed by atoms with Crippen LogP contribution in [0.5, 0.6) is 0 Å². The molecule has 7 nitrogen and oxygen atoms in total. The summed E-state index contributed by atoms with van der Waals surface area (Å²) in [6.07, 6.45) is 0. The van der Waals surface area contributed by atoms with Gasteiger partial charge in [0.15, 0.2) is 0 Å². The number of carbonyl (C=O) groups is 3. The third kappa shape index (κ3) is 4.08. The van der Waals surface area contributed by atoms with Crippen LogP contribution in [0.2, 0.25) is 0 Å². The minimum atomic E-state index is -1.24. The molecule has 35 heavy (non-hydrogen) atoms. The number of hydrogen-bond donors (Lipinski definition) is 2. The standard InChI is InChI=1S/C26H23FN4O3S/c1-16(32)29-20-7-9-21(10-8-20)31-23(33)22-13-18-11-12-35-24(18)30(22)15-26(31,2)25(34)28-14-17-3-5-19(27)6-4-17/h3-13H,14-15H2,1-2H3,(H,28,34)(H,29,32)/t26-/m0/s1. The van der Waals surface area contributed by atoms with E-state index in [0.29, 0.717) is 17.1 Å². The van der Waals surface area contributed by atoms with Gasteiger partial charge in [-0.15, -0.1) is 11.3 Å². The zero-order chi connectivity index (χ0) is 24.7. The van der Waals surface area contributed by atoms with Crippen molar-refractivity contribution in [1.29, 1.82) is 0 Å². The van der Waals surface area contributed by atoms with Crippen LogP contribution >= 0.6 is 11.3 Å². The van der Waals surface area contributed by atoms with Gasteiger partial charge in [-0.25, -0.2) is 4.39 Å². The van der Waals surface area contributed by atoms with E-state index in [4.69, 9.17) is 0 Å². The lowest BCUT2D eigenvalue weighted by Gasteiger charge is -2.44. The van der Waals surface area contributed by atoms with E-state index < -0.39 is 5.54 Å². The minimum absolute atomic E-state index is 0.199. The van der Waals surface area contributed by atoms with Crippen molar-refractivity contribution in [2.24, 2.45) is 0 Å². The summed E-state index contributed by atoms with van der Waals surface area (Å²) in [5.74, 6) is -1.16. The van der Waals surface area contributed by atoms with Gasteiger partial charge in [0, 0.05) is 30.2 Å². The highest BCUT2D eigenvalue weighted by molar-refractivity contribution is 7.16. The second kappa shape index (κ2) is 8.66. The maximum atomic E-state index is 13.8. The summed E-state index contributed by atoms with van der Waals surface area (Å²) in [4.78, 5) is 41.3. The van der Waals surface area contributed by atoms with Gasteiger partial charge in [0.05, 0.1) is 6.54 Å². The highest BCUT2D eigenvalue weighted by Gasteiger charge is 2.48. The smallest absolute Gasteiger partial charge is 0.275 e. The van der Waals surface area contributed by atoms with Crippen LogP contribution in [0, 0.1) is 5.82 Å². The molecule has 0 bridgehead atoms. The Kier molecular flexibility index (Phi) is 5.64. The predicted octanol–water partition coefficient (Wildman–Crippen LogP) is 4.54. The Bertz CT molecular complexity index is 1440. The number of halogens is 1. The van der Waals surface area contributed by atoms with E-state index >= 15 is 0 Å². The molecule has 0 saturated heterocycles. The average molecular weight is 491 g/mol. The van der Waals surface area contributed by atoms with Crippen molar-refractivity contribution in [2.75, 3.05) is 10.2 Å². The van der Waals surface area contributed by atoms with Crippen LogP contribution < -0.4 is 15.5 Å². The minimum Gasteiger partial charge on any atom is -0.350 e. The van der Waals surface area contributed by atoms with E-state index in [2.05, 4.69) is 10.6 Å². The fraction of sp³-hybridized carbons (Fsp3) is 0.192. The largest absolute Gasteiger partial charge is 0.350 e. The molecule has 3 amide bonds. The molecule has 1 atom stereocenters. The quantitative estimate of drug-likeness (QED) is 0.431. The SMILES string of the molecule is CC(=O)Nc1ccc(N2C(=O)c3cc4ccsc4n3C[C@@]2(C)C(=O)NCc2ccc(F)cc2)cc1. The molecule has 2 aromatic carbocycles. The van der Waals surface area contributed by atoms with Gasteiger partial charge < -0.3 is 15.2 Å². The van der Waals surface area contributed by atoms with Gasteiger partial charge in [0.1, 0.15) is 21.9 Å². The number of amides is 3. The monoisotopic (exact) mass is 490 g/mol. The van der Waals surface area contributed by atoms with Crippen molar-refractivity contribution < 1.29 is 18.8 Å². The van der Waals surface area contributed by atoms with E-state index in [9.17, 15) is 18.8 Å². The number of hydrogen-bond acceptors (Lipinski definition) is 4. The molecular weight excluding hydrogens is 467 g/mol. The maximum absolute atomic E-state index is 13.8. The van der Waals surface area contributed by atoms with Crippen molar-refractivity contribution in [1.82, 2.24) is 9.88 Å². The van der Waals surface area contributed by atoms with E-state index in [1.54, 1.807) is 43.3 Å². The first kappa shape index (κ1) is 22.8. The lowest BCUT2D eigenvalue weighted by molar-refractivity contribution is -0.126. The molecule has 3 heterocycles. The maximum Gasteiger partial charge on any atom is 0.275 e. The van der Waals surface area contributed by atoms with E-state index in [0.717, 1.165) is 15.8 Å². The number of anilines is 2. The number of rotatable bonds is 5. The molecule has 0 radical (unpaired) electrons. The van der Waals surface area contributed by atoms with Crippen LogP contribution in [-0.2, 0) is 22.7 Å².